The van der Waals surface area contributed by atoms with Gasteiger partial charge in [0.2, 0.25) is 0 Å². The second-order valence-corrected chi connectivity index (χ2v) is 4.50. The van der Waals surface area contributed by atoms with Gasteiger partial charge in [0.15, 0.2) is 11.6 Å². The summed E-state index contributed by atoms with van der Waals surface area (Å²) in [4.78, 5) is 0. The number of nitrogens with two attached hydrogens (primary N) is 1. The highest BCUT2D eigenvalue weighted by atomic mass is 19.2. The lowest BCUT2D eigenvalue weighted by Crippen LogP contribution is -2.38. The first-order valence-electron chi connectivity index (χ1n) is 5.97. The molecular weight excluding hydrogens is 250 g/mol. The number of hydrogen-bond acceptors (Lipinski definition) is 3. The summed E-state index contributed by atoms with van der Waals surface area (Å²) >= 11 is 0. The van der Waals surface area contributed by atoms with Gasteiger partial charge in [-0.15, -0.1) is 0 Å². The quantitative estimate of drug-likeness (QED) is 0.634. The predicted octanol–water partition coefficient (Wildman–Crippen LogP) is 1.32. The van der Waals surface area contributed by atoms with Crippen molar-refractivity contribution in [2.75, 3.05) is 0 Å². The molecule has 19 heavy (non-hydrogen) atoms. The average molecular weight is 266 g/mol. The van der Waals surface area contributed by atoms with Crippen LogP contribution in [0.1, 0.15) is 11.3 Å². The lowest BCUT2D eigenvalue weighted by molar-refractivity contribution is 0.495. The van der Waals surface area contributed by atoms with Crippen molar-refractivity contribution in [1.82, 2.24) is 15.2 Å². The van der Waals surface area contributed by atoms with Crippen LogP contribution in [0.15, 0.2) is 30.5 Å². The van der Waals surface area contributed by atoms with Gasteiger partial charge in [-0.05, 0) is 30.2 Å². The maximum Gasteiger partial charge on any atom is 0.159 e. The molecule has 0 saturated carbocycles. The molecule has 0 spiro atoms. The van der Waals surface area contributed by atoms with E-state index in [1.54, 1.807) is 10.7 Å². The molecule has 0 bridgehead atoms. The molecule has 0 aliphatic heterocycles. The van der Waals surface area contributed by atoms with Crippen LogP contribution in [-0.2, 0) is 19.9 Å². The summed E-state index contributed by atoms with van der Waals surface area (Å²) in [7, 11) is 1.84. The number of benzene rings is 1. The summed E-state index contributed by atoms with van der Waals surface area (Å²) in [6.07, 6.45) is 2.97. The molecule has 0 aliphatic carbocycles. The van der Waals surface area contributed by atoms with Crippen LogP contribution in [0, 0.1) is 11.6 Å². The van der Waals surface area contributed by atoms with E-state index in [0.29, 0.717) is 18.4 Å². The number of rotatable bonds is 5. The molecule has 1 unspecified atom stereocenters. The number of aromatic nitrogens is 2. The Balaban J connectivity index is 2.04. The molecule has 4 nitrogen and oxygen atoms in total. The van der Waals surface area contributed by atoms with Gasteiger partial charge in [-0.3, -0.25) is 16.0 Å². The maximum absolute atomic E-state index is 13.1. The van der Waals surface area contributed by atoms with Crippen molar-refractivity contribution < 1.29 is 8.78 Å². The Morgan fingerprint density at radius 1 is 1.26 bits per heavy atom. The highest BCUT2D eigenvalue weighted by Crippen LogP contribution is 2.12. The summed E-state index contributed by atoms with van der Waals surface area (Å²) in [5.41, 5.74) is 4.27. The molecule has 3 N–H and O–H groups in total. The van der Waals surface area contributed by atoms with E-state index in [1.807, 2.05) is 19.3 Å². The molecule has 2 rings (SSSR count). The molecule has 102 valence electrons. The van der Waals surface area contributed by atoms with Gasteiger partial charge in [0, 0.05) is 25.7 Å². The Bertz CT molecular complexity index is 553. The van der Waals surface area contributed by atoms with E-state index in [-0.39, 0.29) is 6.04 Å². The summed E-state index contributed by atoms with van der Waals surface area (Å²) in [5.74, 6) is 3.81. The van der Waals surface area contributed by atoms with E-state index < -0.39 is 11.6 Å². The fourth-order valence-corrected chi connectivity index (χ4v) is 1.97. The number of hydrazine groups is 1. The third kappa shape index (κ3) is 3.59. The van der Waals surface area contributed by atoms with E-state index in [9.17, 15) is 8.78 Å². The zero-order valence-electron chi connectivity index (χ0n) is 10.6. The predicted molar refractivity (Wildman–Crippen MR) is 68.1 cm³/mol. The van der Waals surface area contributed by atoms with Gasteiger partial charge in [0.1, 0.15) is 0 Å². The number of nitrogens with zero attached hydrogens (tertiary/aromatic N) is 2. The molecule has 0 aliphatic rings. The van der Waals surface area contributed by atoms with E-state index in [4.69, 9.17) is 5.84 Å². The highest BCUT2D eigenvalue weighted by molar-refractivity contribution is 5.19. The minimum atomic E-state index is -0.842. The van der Waals surface area contributed by atoms with Crippen LogP contribution in [0.3, 0.4) is 0 Å². The summed E-state index contributed by atoms with van der Waals surface area (Å²) < 4.78 is 27.7. The number of halogens is 2. The Morgan fingerprint density at radius 2 is 2.05 bits per heavy atom. The fourth-order valence-electron chi connectivity index (χ4n) is 1.97. The molecule has 1 heterocycles. The third-order valence-corrected chi connectivity index (χ3v) is 2.93. The zero-order valence-corrected chi connectivity index (χ0v) is 10.6. The minimum Gasteiger partial charge on any atom is -0.276 e. The van der Waals surface area contributed by atoms with Gasteiger partial charge in [0.05, 0.1) is 5.69 Å². The minimum absolute atomic E-state index is 0.0836. The Hall–Kier alpha value is -1.79. The molecule has 2 aromatic rings. The van der Waals surface area contributed by atoms with Crippen LogP contribution in [-0.4, -0.2) is 15.8 Å². The number of aryl methyl sites for hydroxylation is 1. The second-order valence-electron chi connectivity index (χ2n) is 4.50. The van der Waals surface area contributed by atoms with Crippen molar-refractivity contribution >= 4 is 0 Å². The third-order valence-electron chi connectivity index (χ3n) is 2.93. The standard InChI is InChI=1S/C13H16F2N4/c1-19-5-4-10(18-19)8-11(17-16)6-9-2-3-12(14)13(15)7-9/h2-5,7,11,17H,6,8,16H2,1H3. The maximum atomic E-state index is 13.1. The lowest BCUT2D eigenvalue weighted by Gasteiger charge is -2.14. The fraction of sp³-hybridized carbons (Fsp3) is 0.308. The van der Waals surface area contributed by atoms with Gasteiger partial charge >= 0.3 is 0 Å². The summed E-state index contributed by atoms with van der Waals surface area (Å²) in [5, 5.41) is 4.26. The van der Waals surface area contributed by atoms with Crippen molar-refractivity contribution in [2.45, 2.75) is 18.9 Å². The van der Waals surface area contributed by atoms with E-state index in [0.717, 1.165) is 11.8 Å². The average Bonchev–Trinajstić information content (AvgIpc) is 2.78. The van der Waals surface area contributed by atoms with E-state index in [1.165, 1.54) is 6.07 Å². The zero-order chi connectivity index (χ0) is 13.8. The van der Waals surface area contributed by atoms with Crippen molar-refractivity contribution in [1.29, 1.82) is 0 Å². The summed E-state index contributed by atoms with van der Waals surface area (Å²) in [6, 6.07) is 5.69. The van der Waals surface area contributed by atoms with Crippen LogP contribution in [0.25, 0.3) is 0 Å². The first-order chi connectivity index (χ1) is 9.08. The van der Waals surface area contributed by atoms with Crippen LogP contribution < -0.4 is 11.3 Å². The molecule has 0 amide bonds. The van der Waals surface area contributed by atoms with Crippen molar-refractivity contribution in [3.8, 4) is 0 Å². The molecule has 1 atom stereocenters. The van der Waals surface area contributed by atoms with E-state index >= 15 is 0 Å². The normalized spacial score (nSPS) is 12.6. The molecule has 1 aromatic carbocycles. The molecule has 0 saturated heterocycles. The Labute approximate surface area is 110 Å². The summed E-state index contributed by atoms with van der Waals surface area (Å²) in [6.45, 7) is 0. The van der Waals surface area contributed by atoms with Gasteiger partial charge in [-0.1, -0.05) is 6.07 Å². The molecular formula is C13H16F2N4. The molecule has 0 fully saturated rings. The SMILES string of the molecule is Cn1ccc(CC(Cc2ccc(F)c(F)c2)NN)n1. The largest absolute Gasteiger partial charge is 0.276 e. The Morgan fingerprint density at radius 3 is 2.63 bits per heavy atom. The van der Waals surface area contributed by atoms with Gasteiger partial charge < -0.3 is 0 Å². The first kappa shape index (κ1) is 13.6. The molecule has 6 heteroatoms. The lowest BCUT2D eigenvalue weighted by atomic mass is 10.0. The smallest absolute Gasteiger partial charge is 0.159 e. The number of nitrogens with one attached hydrogen (secondary N) is 1. The van der Waals surface area contributed by atoms with Gasteiger partial charge in [0.25, 0.3) is 0 Å². The van der Waals surface area contributed by atoms with Crippen molar-refractivity contribution in [2.24, 2.45) is 12.9 Å². The van der Waals surface area contributed by atoms with E-state index in [2.05, 4.69) is 10.5 Å². The topological polar surface area (TPSA) is 55.9 Å². The van der Waals surface area contributed by atoms with Gasteiger partial charge in [-0.25, -0.2) is 8.78 Å². The molecule has 0 radical (unpaired) electrons. The first-order valence-corrected chi connectivity index (χ1v) is 5.97. The van der Waals surface area contributed by atoms with Crippen molar-refractivity contribution in [3.63, 3.8) is 0 Å². The van der Waals surface area contributed by atoms with Gasteiger partial charge in [-0.2, -0.15) is 5.10 Å². The highest BCUT2D eigenvalue weighted by Gasteiger charge is 2.12. The Kier molecular flexibility index (Phi) is 4.24. The number of hydrogen-bond donors (Lipinski definition) is 2. The van der Waals surface area contributed by atoms with Crippen LogP contribution >= 0.6 is 0 Å². The van der Waals surface area contributed by atoms with Crippen LogP contribution in [0.5, 0.6) is 0 Å². The second kappa shape index (κ2) is 5.90. The van der Waals surface area contributed by atoms with Crippen LogP contribution in [0.4, 0.5) is 8.78 Å². The van der Waals surface area contributed by atoms with Crippen LogP contribution in [0.2, 0.25) is 0 Å². The van der Waals surface area contributed by atoms with Crippen molar-refractivity contribution in [3.05, 3.63) is 53.4 Å². The monoisotopic (exact) mass is 266 g/mol. The molecule has 1 aromatic heterocycles.